The molecule has 0 aromatic carbocycles. The Balaban J connectivity index is 2.08. The fourth-order valence-corrected chi connectivity index (χ4v) is 1.84. The van der Waals surface area contributed by atoms with Gasteiger partial charge in [-0.15, -0.1) is 11.3 Å². The number of carbonyl (C=O) groups excluding carboxylic acids is 1. The monoisotopic (exact) mass is 211 g/mol. The molecule has 0 saturated heterocycles. The van der Waals surface area contributed by atoms with E-state index in [1.807, 2.05) is 11.4 Å². The summed E-state index contributed by atoms with van der Waals surface area (Å²) in [6, 6.07) is 3.60. The van der Waals surface area contributed by atoms with Crippen LogP contribution in [0, 0.1) is 0 Å². The maximum atomic E-state index is 11.4. The molecule has 0 fully saturated rings. The topological polar surface area (TPSA) is 54.9 Å². The summed E-state index contributed by atoms with van der Waals surface area (Å²) in [6.45, 7) is 0. The fraction of sp³-hybridized carbons (Fsp3) is 0. The quantitative estimate of drug-likeness (QED) is 0.824. The first-order chi connectivity index (χ1) is 6.36. The fourth-order valence-electron chi connectivity index (χ4n) is 0.795. The summed E-state index contributed by atoms with van der Waals surface area (Å²) in [6.07, 6.45) is 1.41. The Bertz CT molecular complexity index is 382. The number of hydrogen-bond donors (Lipinski definition) is 1. The van der Waals surface area contributed by atoms with Crippen molar-refractivity contribution in [3.05, 3.63) is 28.7 Å². The van der Waals surface area contributed by atoms with Gasteiger partial charge in [-0.25, -0.2) is 4.98 Å². The Labute approximate surface area is 82.4 Å². The number of nitrogens with zero attached hydrogens (tertiary/aromatic N) is 2. The summed E-state index contributed by atoms with van der Waals surface area (Å²) in [5.41, 5.74) is 0. The van der Waals surface area contributed by atoms with Gasteiger partial charge in [-0.1, -0.05) is 6.07 Å². The number of carbonyl (C=O) groups is 1. The van der Waals surface area contributed by atoms with E-state index >= 15 is 0 Å². The highest BCUT2D eigenvalue weighted by atomic mass is 32.1. The molecule has 1 amide bonds. The number of amides is 1. The van der Waals surface area contributed by atoms with E-state index < -0.39 is 0 Å². The summed E-state index contributed by atoms with van der Waals surface area (Å²) < 4.78 is 3.78. The van der Waals surface area contributed by atoms with Gasteiger partial charge in [0.25, 0.3) is 5.91 Å². The van der Waals surface area contributed by atoms with Crippen molar-refractivity contribution in [1.29, 1.82) is 0 Å². The van der Waals surface area contributed by atoms with Crippen molar-refractivity contribution in [3.63, 3.8) is 0 Å². The molecule has 2 aromatic heterocycles. The molecule has 0 atom stereocenters. The summed E-state index contributed by atoms with van der Waals surface area (Å²) in [5.74, 6) is -0.133. The number of thiophene rings is 1. The van der Waals surface area contributed by atoms with Gasteiger partial charge in [-0.2, -0.15) is 4.37 Å². The van der Waals surface area contributed by atoms with E-state index in [0.717, 1.165) is 11.5 Å². The van der Waals surface area contributed by atoms with Crippen molar-refractivity contribution in [2.24, 2.45) is 0 Å². The second-order valence-electron chi connectivity index (χ2n) is 2.18. The molecule has 0 aliphatic carbocycles. The zero-order chi connectivity index (χ0) is 9.10. The Morgan fingerprint density at radius 2 is 2.46 bits per heavy atom. The number of anilines is 1. The van der Waals surface area contributed by atoms with Crippen molar-refractivity contribution >= 4 is 33.9 Å². The molecular formula is C7H5N3OS2. The van der Waals surface area contributed by atoms with Crippen LogP contribution in [0.3, 0.4) is 0 Å². The van der Waals surface area contributed by atoms with E-state index in [4.69, 9.17) is 0 Å². The molecular weight excluding hydrogens is 206 g/mol. The first-order valence-electron chi connectivity index (χ1n) is 3.48. The summed E-state index contributed by atoms with van der Waals surface area (Å²) in [7, 11) is 0. The molecule has 0 aliphatic heterocycles. The molecule has 13 heavy (non-hydrogen) atoms. The second kappa shape index (κ2) is 3.63. The van der Waals surface area contributed by atoms with Gasteiger partial charge in [0, 0.05) is 11.5 Å². The van der Waals surface area contributed by atoms with Crippen LogP contribution in [0.25, 0.3) is 0 Å². The molecule has 2 heterocycles. The van der Waals surface area contributed by atoms with Gasteiger partial charge in [0.15, 0.2) is 0 Å². The first-order valence-corrected chi connectivity index (χ1v) is 5.13. The Hall–Kier alpha value is -1.27. The zero-order valence-electron chi connectivity index (χ0n) is 6.43. The minimum Gasteiger partial charge on any atom is -0.296 e. The van der Waals surface area contributed by atoms with Crippen molar-refractivity contribution in [1.82, 2.24) is 9.36 Å². The van der Waals surface area contributed by atoms with Gasteiger partial charge in [-0.05, 0) is 11.4 Å². The van der Waals surface area contributed by atoms with Crippen LogP contribution in [0.4, 0.5) is 5.13 Å². The van der Waals surface area contributed by atoms with E-state index in [1.165, 1.54) is 17.7 Å². The molecule has 6 heteroatoms. The van der Waals surface area contributed by atoms with Crippen molar-refractivity contribution < 1.29 is 4.79 Å². The largest absolute Gasteiger partial charge is 0.296 e. The maximum Gasteiger partial charge on any atom is 0.267 e. The van der Waals surface area contributed by atoms with E-state index in [1.54, 1.807) is 6.07 Å². The normalized spacial score (nSPS) is 9.85. The summed E-state index contributed by atoms with van der Waals surface area (Å²) in [5, 5.41) is 5.02. The average Bonchev–Trinajstić information content (AvgIpc) is 2.74. The van der Waals surface area contributed by atoms with E-state index in [0.29, 0.717) is 10.0 Å². The number of rotatable bonds is 2. The van der Waals surface area contributed by atoms with Crippen LogP contribution < -0.4 is 5.32 Å². The highest BCUT2D eigenvalue weighted by Gasteiger charge is 2.07. The third kappa shape index (κ3) is 1.90. The number of aromatic nitrogens is 2. The molecule has 0 spiro atoms. The Morgan fingerprint density at radius 3 is 3.08 bits per heavy atom. The lowest BCUT2D eigenvalue weighted by Gasteiger charge is -1.95. The molecule has 0 radical (unpaired) electrons. The minimum atomic E-state index is -0.133. The summed E-state index contributed by atoms with van der Waals surface area (Å²) in [4.78, 5) is 15.9. The van der Waals surface area contributed by atoms with E-state index in [9.17, 15) is 4.79 Å². The zero-order valence-corrected chi connectivity index (χ0v) is 8.06. The third-order valence-corrected chi connectivity index (χ3v) is 2.78. The SMILES string of the molecule is O=C(Nc1ncns1)c1cccs1. The Kier molecular flexibility index (Phi) is 2.33. The first kappa shape index (κ1) is 8.33. The molecule has 0 unspecified atom stereocenters. The van der Waals surface area contributed by atoms with Crippen LogP contribution in [0.15, 0.2) is 23.8 Å². The second-order valence-corrected chi connectivity index (χ2v) is 3.91. The predicted octanol–water partition coefficient (Wildman–Crippen LogP) is 1.85. The van der Waals surface area contributed by atoms with Crippen LogP contribution in [0.2, 0.25) is 0 Å². The lowest BCUT2D eigenvalue weighted by molar-refractivity contribution is 0.103. The standard InChI is InChI=1S/C7H5N3OS2/c11-6(5-2-1-3-12-5)10-7-8-4-9-13-7/h1-4H,(H,8,9,10,11). The average molecular weight is 211 g/mol. The van der Waals surface area contributed by atoms with Crippen LogP contribution >= 0.6 is 22.9 Å². The molecule has 66 valence electrons. The highest BCUT2D eigenvalue weighted by molar-refractivity contribution is 7.12. The van der Waals surface area contributed by atoms with Crippen molar-refractivity contribution in [3.8, 4) is 0 Å². The van der Waals surface area contributed by atoms with Gasteiger partial charge in [0.2, 0.25) is 5.13 Å². The van der Waals surface area contributed by atoms with Crippen LogP contribution in [0.1, 0.15) is 9.67 Å². The van der Waals surface area contributed by atoms with Crippen molar-refractivity contribution in [2.45, 2.75) is 0 Å². The lowest BCUT2D eigenvalue weighted by atomic mass is 10.4. The molecule has 0 bridgehead atoms. The number of hydrogen-bond acceptors (Lipinski definition) is 5. The van der Waals surface area contributed by atoms with E-state index in [2.05, 4.69) is 14.7 Å². The molecule has 2 rings (SSSR count). The minimum absolute atomic E-state index is 0.133. The lowest BCUT2D eigenvalue weighted by Crippen LogP contribution is -2.09. The van der Waals surface area contributed by atoms with Crippen LogP contribution in [0.5, 0.6) is 0 Å². The molecule has 1 N–H and O–H groups in total. The predicted molar refractivity (Wildman–Crippen MR) is 52.2 cm³/mol. The van der Waals surface area contributed by atoms with Crippen LogP contribution in [-0.4, -0.2) is 15.3 Å². The maximum absolute atomic E-state index is 11.4. The molecule has 4 nitrogen and oxygen atoms in total. The summed E-state index contributed by atoms with van der Waals surface area (Å²) >= 11 is 2.56. The van der Waals surface area contributed by atoms with Crippen molar-refractivity contribution in [2.75, 3.05) is 5.32 Å². The third-order valence-electron chi connectivity index (χ3n) is 1.33. The van der Waals surface area contributed by atoms with Gasteiger partial charge >= 0.3 is 0 Å². The van der Waals surface area contributed by atoms with Gasteiger partial charge in [0.1, 0.15) is 6.33 Å². The van der Waals surface area contributed by atoms with Crippen LogP contribution in [-0.2, 0) is 0 Å². The van der Waals surface area contributed by atoms with Gasteiger partial charge in [0.05, 0.1) is 4.88 Å². The molecule has 2 aromatic rings. The number of nitrogens with one attached hydrogen (secondary N) is 1. The van der Waals surface area contributed by atoms with Gasteiger partial charge < -0.3 is 0 Å². The smallest absolute Gasteiger partial charge is 0.267 e. The highest BCUT2D eigenvalue weighted by Crippen LogP contribution is 2.13. The Morgan fingerprint density at radius 1 is 1.54 bits per heavy atom. The molecule has 0 saturated carbocycles. The van der Waals surface area contributed by atoms with E-state index in [-0.39, 0.29) is 5.91 Å². The molecule has 0 aliphatic rings. The van der Waals surface area contributed by atoms with Gasteiger partial charge in [-0.3, -0.25) is 10.1 Å².